The molecule has 2 N–H and O–H groups in total. The van der Waals surface area contributed by atoms with Crippen molar-refractivity contribution in [2.45, 2.75) is 38.1 Å². The molecule has 0 amide bonds. The zero-order valence-electron chi connectivity index (χ0n) is 15.0. The van der Waals surface area contributed by atoms with Crippen LogP contribution in [0.4, 0.5) is 5.82 Å². The number of ketones is 1. The van der Waals surface area contributed by atoms with Gasteiger partial charge in [0.2, 0.25) is 5.78 Å². The Morgan fingerprint density at radius 1 is 1.31 bits per heavy atom. The summed E-state index contributed by atoms with van der Waals surface area (Å²) in [6, 6.07) is 0. The van der Waals surface area contributed by atoms with Gasteiger partial charge in [0.25, 0.3) is 5.56 Å². The van der Waals surface area contributed by atoms with E-state index in [1.54, 1.807) is 0 Å². The molecule has 2 rings (SSSR count). The first kappa shape index (κ1) is 20.5. The minimum Gasteiger partial charge on any atom is -0.457 e. The van der Waals surface area contributed by atoms with Crippen LogP contribution in [0.1, 0.15) is 37.6 Å². The van der Waals surface area contributed by atoms with E-state index in [1.165, 1.54) is 14.0 Å². The number of nitrogens with zero attached hydrogens (tertiary/aromatic N) is 2. The molecule has 0 radical (unpaired) electrons. The van der Waals surface area contributed by atoms with Crippen molar-refractivity contribution in [3.05, 3.63) is 26.4 Å². The van der Waals surface area contributed by atoms with Crippen LogP contribution in [0.2, 0.25) is 0 Å². The van der Waals surface area contributed by atoms with Crippen LogP contribution in [-0.4, -0.2) is 31.8 Å². The monoisotopic (exact) mass is 405 g/mol. The maximum atomic E-state index is 12.4. The number of hydrogen-bond donors (Lipinski definition) is 1. The molecule has 0 spiro atoms. The number of anilines is 1. The SMILES string of the molecule is CC(C)Cn1c(N)c(C(=O)COC(=O)[C@@]2(C)CC2(Cl)Cl)c(=O)n(C)c1=O. The highest BCUT2D eigenvalue weighted by atomic mass is 35.5. The molecule has 26 heavy (non-hydrogen) atoms. The first-order valence-corrected chi connectivity index (χ1v) is 8.76. The Kier molecular flexibility index (Phi) is 5.31. The van der Waals surface area contributed by atoms with Crippen molar-refractivity contribution >= 4 is 40.8 Å². The number of halogens is 2. The summed E-state index contributed by atoms with van der Waals surface area (Å²) < 4.78 is 5.71. The van der Waals surface area contributed by atoms with Crippen LogP contribution in [0.5, 0.6) is 0 Å². The molecule has 144 valence electrons. The fraction of sp³-hybridized carbons (Fsp3) is 0.625. The van der Waals surface area contributed by atoms with Crippen LogP contribution in [-0.2, 0) is 23.1 Å². The van der Waals surface area contributed by atoms with Crippen LogP contribution < -0.4 is 17.0 Å². The van der Waals surface area contributed by atoms with E-state index in [9.17, 15) is 19.2 Å². The van der Waals surface area contributed by atoms with Crippen LogP contribution >= 0.6 is 23.2 Å². The molecule has 10 heteroatoms. The normalized spacial score (nSPS) is 20.9. The molecule has 8 nitrogen and oxygen atoms in total. The van der Waals surface area contributed by atoms with Crippen molar-refractivity contribution in [2.75, 3.05) is 12.3 Å². The van der Waals surface area contributed by atoms with E-state index in [4.69, 9.17) is 33.7 Å². The van der Waals surface area contributed by atoms with Crippen LogP contribution in [0.3, 0.4) is 0 Å². The molecule has 0 aromatic carbocycles. The third kappa shape index (κ3) is 3.40. The van der Waals surface area contributed by atoms with Gasteiger partial charge in [0.1, 0.15) is 21.1 Å². The Morgan fingerprint density at radius 3 is 2.31 bits per heavy atom. The Balaban J connectivity index is 2.29. The number of aromatic nitrogens is 2. The summed E-state index contributed by atoms with van der Waals surface area (Å²) in [6.07, 6.45) is 0.208. The summed E-state index contributed by atoms with van der Waals surface area (Å²) in [6.45, 7) is 4.79. The molecular weight excluding hydrogens is 385 g/mol. The van der Waals surface area contributed by atoms with Gasteiger partial charge in [-0.3, -0.25) is 23.5 Å². The standard InChI is InChI=1S/C16H21Cl2N3O5/c1-8(2)5-21-11(19)10(12(23)20(4)14(21)25)9(22)6-26-13(24)15(3)7-16(15,17)18/h8H,5-7,19H2,1-4H3/t15-/m1/s1. The third-order valence-corrected chi connectivity index (χ3v) is 5.55. The molecule has 1 saturated carbocycles. The van der Waals surface area contributed by atoms with Gasteiger partial charge in [-0.25, -0.2) is 4.79 Å². The van der Waals surface area contributed by atoms with Gasteiger partial charge >= 0.3 is 11.7 Å². The highest BCUT2D eigenvalue weighted by molar-refractivity contribution is 6.53. The van der Waals surface area contributed by atoms with Gasteiger partial charge in [-0.1, -0.05) is 13.8 Å². The number of ether oxygens (including phenoxy) is 1. The van der Waals surface area contributed by atoms with Gasteiger partial charge < -0.3 is 10.5 Å². The minimum absolute atomic E-state index is 0.0589. The Hall–Kier alpha value is -1.80. The second-order valence-electron chi connectivity index (χ2n) is 7.12. The number of alkyl halides is 2. The number of carbonyl (C=O) groups is 2. The third-order valence-electron chi connectivity index (χ3n) is 4.45. The average molecular weight is 406 g/mol. The summed E-state index contributed by atoms with van der Waals surface area (Å²) in [5.41, 5.74) is 2.96. The van der Waals surface area contributed by atoms with E-state index in [2.05, 4.69) is 0 Å². The lowest BCUT2D eigenvalue weighted by Gasteiger charge is -2.16. The second kappa shape index (κ2) is 6.74. The average Bonchev–Trinajstić information content (AvgIpc) is 3.06. The van der Waals surface area contributed by atoms with Crippen molar-refractivity contribution in [3.8, 4) is 0 Å². The summed E-state index contributed by atoms with van der Waals surface area (Å²) >= 11 is 11.8. The number of hydrogen-bond acceptors (Lipinski definition) is 6. The van der Waals surface area contributed by atoms with Gasteiger partial charge in [-0.15, -0.1) is 23.2 Å². The first-order chi connectivity index (χ1) is 11.8. The Bertz CT molecular complexity index is 887. The van der Waals surface area contributed by atoms with E-state index in [1.807, 2.05) is 13.8 Å². The maximum Gasteiger partial charge on any atom is 0.332 e. The van der Waals surface area contributed by atoms with Gasteiger partial charge in [0.15, 0.2) is 6.61 Å². The van der Waals surface area contributed by atoms with Crippen LogP contribution in [0.25, 0.3) is 0 Å². The molecule has 0 bridgehead atoms. The predicted molar refractivity (Wildman–Crippen MR) is 97.6 cm³/mol. The van der Waals surface area contributed by atoms with Crippen molar-refractivity contribution in [2.24, 2.45) is 18.4 Å². The van der Waals surface area contributed by atoms with Gasteiger partial charge in [0.05, 0.1) is 0 Å². The molecule has 1 fully saturated rings. The maximum absolute atomic E-state index is 12.4. The van der Waals surface area contributed by atoms with Crippen LogP contribution in [0, 0.1) is 11.3 Å². The zero-order chi connectivity index (χ0) is 20.0. The molecule has 0 unspecified atom stereocenters. The minimum atomic E-state index is -1.23. The molecule has 1 heterocycles. The summed E-state index contributed by atoms with van der Waals surface area (Å²) in [7, 11) is 1.25. The molecule has 0 aliphatic heterocycles. The molecule has 1 aliphatic rings. The molecule has 1 aliphatic carbocycles. The smallest absolute Gasteiger partial charge is 0.332 e. The highest BCUT2D eigenvalue weighted by Crippen LogP contribution is 2.64. The van der Waals surface area contributed by atoms with Gasteiger partial charge in [-0.2, -0.15) is 0 Å². The van der Waals surface area contributed by atoms with Crippen LogP contribution in [0.15, 0.2) is 9.59 Å². The lowest BCUT2D eigenvalue weighted by Crippen LogP contribution is -2.43. The van der Waals surface area contributed by atoms with E-state index in [0.29, 0.717) is 0 Å². The van der Waals surface area contributed by atoms with Crippen molar-refractivity contribution < 1.29 is 14.3 Å². The molecule has 0 saturated heterocycles. The van der Waals surface area contributed by atoms with Gasteiger partial charge in [-0.05, 0) is 12.8 Å². The number of carbonyl (C=O) groups excluding carboxylic acids is 2. The van der Waals surface area contributed by atoms with E-state index >= 15 is 0 Å². The quantitative estimate of drug-likeness (QED) is 0.430. The summed E-state index contributed by atoms with van der Waals surface area (Å²) in [5, 5.41) is 0. The van der Waals surface area contributed by atoms with Crippen molar-refractivity contribution in [1.82, 2.24) is 9.13 Å². The first-order valence-electron chi connectivity index (χ1n) is 8.01. The lowest BCUT2D eigenvalue weighted by molar-refractivity contribution is -0.148. The van der Waals surface area contributed by atoms with Crippen molar-refractivity contribution in [3.63, 3.8) is 0 Å². The topological polar surface area (TPSA) is 113 Å². The number of rotatable bonds is 6. The van der Waals surface area contributed by atoms with E-state index in [-0.39, 0.29) is 30.3 Å². The molecule has 1 atom stereocenters. The van der Waals surface area contributed by atoms with E-state index in [0.717, 1.165) is 9.13 Å². The summed E-state index contributed by atoms with van der Waals surface area (Å²) in [5.74, 6) is -1.71. The summed E-state index contributed by atoms with van der Waals surface area (Å²) in [4.78, 5) is 49.0. The van der Waals surface area contributed by atoms with Crippen molar-refractivity contribution in [1.29, 1.82) is 0 Å². The number of esters is 1. The Morgan fingerprint density at radius 2 is 1.85 bits per heavy atom. The fourth-order valence-electron chi connectivity index (χ4n) is 2.57. The molecular formula is C16H21Cl2N3O5. The second-order valence-corrected chi connectivity index (χ2v) is 8.61. The lowest BCUT2D eigenvalue weighted by atomic mass is 10.1. The zero-order valence-corrected chi connectivity index (χ0v) is 16.5. The largest absolute Gasteiger partial charge is 0.457 e. The molecule has 1 aromatic heterocycles. The van der Waals surface area contributed by atoms with Gasteiger partial charge in [0, 0.05) is 20.0 Å². The highest BCUT2D eigenvalue weighted by Gasteiger charge is 2.69. The molecule has 1 aromatic rings. The Labute approximate surface area is 159 Å². The number of Topliss-reactive ketones (excluding diaryl/α,β-unsaturated/α-hetero) is 1. The predicted octanol–water partition coefficient (Wildman–Crippen LogP) is 1.09. The number of nitrogens with two attached hydrogens (primary N) is 1. The van der Waals surface area contributed by atoms with E-state index < -0.39 is 39.4 Å². The fourth-order valence-corrected chi connectivity index (χ4v) is 3.26. The number of nitrogen functional groups attached to an aromatic ring is 1.